The van der Waals surface area contributed by atoms with Gasteiger partial charge in [-0.1, -0.05) is 24.3 Å². The maximum Gasteiger partial charge on any atom is 0.277 e. The standard InChI is InChI=1S/C19H20N4O2/c1-14-6-5-9-18(20-14)22-10-11-23-17(19(22)24)12-15(21-23)13-25-16-7-3-2-4-8-16/h2-5,7-9,12,14H,6,10-11,13H2,1H3. The van der Waals surface area contributed by atoms with Crippen molar-refractivity contribution in [2.45, 2.75) is 32.5 Å². The number of benzene rings is 1. The van der Waals surface area contributed by atoms with Crippen molar-refractivity contribution in [3.8, 4) is 5.75 Å². The topological polar surface area (TPSA) is 59.7 Å². The number of carbonyl (C=O) groups excluding carboxylic acids is 1. The van der Waals surface area contributed by atoms with Crippen LogP contribution in [-0.4, -0.2) is 39.0 Å². The van der Waals surface area contributed by atoms with E-state index >= 15 is 0 Å². The van der Waals surface area contributed by atoms with Crippen molar-refractivity contribution in [2.24, 2.45) is 4.99 Å². The molecule has 0 fully saturated rings. The molecule has 2 aliphatic rings. The first kappa shape index (κ1) is 15.6. The average Bonchev–Trinajstić information content (AvgIpc) is 3.05. The molecular formula is C19H20N4O2. The van der Waals surface area contributed by atoms with Gasteiger partial charge in [0, 0.05) is 6.54 Å². The Kier molecular flexibility index (Phi) is 4.09. The van der Waals surface area contributed by atoms with Gasteiger partial charge >= 0.3 is 0 Å². The minimum absolute atomic E-state index is 0.0535. The fourth-order valence-electron chi connectivity index (χ4n) is 3.06. The Hall–Kier alpha value is -2.89. The largest absolute Gasteiger partial charge is 0.487 e. The van der Waals surface area contributed by atoms with Gasteiger partial charge in [0.05, 0.1) is 12.6 Å². The van der Waals surface area contributed by atoms with Gasteiger partial charge in [-0.25, -0.2) is 0 Å². The molecule has 128 valence electrons. The molecular weight excluding hydrogens is 316 g/mol. The van der Waals surface area contributed by atoms with Gasteiger partial charge in [-0.05, 0) is 37.6 Å². The van der Waals surface area contributed by atoms with Gasteiger partial charge in [0.1, 0.15) is 29.6 Å². The van der Waals surface area contributed by atoms with Crippen LogP contribution in [0.3, 0.4) is 0 Å². The lowest BCUT2D eigenvalue weighted by molar-refractivity contribution is 0.0802. The molecule has 2 aromatic rings. The van der Waals surface area contributed by atoms with Crippen LogP contribution in [-0.2, 0) is 13.2 Å². The van der Waals surface area contributed by atoms with E-state index in [2.05, 4.69) is 23.1 Å². The molecule has 4 rings (SSSR count). The normalized spacial score (nSPS) is 19.6. The summed E-state index contributed by atoms with van der Waals surface area (Å²) in [4.78, 5) is 19.2. The maximum atomic E-state index is 12.8. The predicted octanol–water partition coefficient (Wildman–Crippen LogP) is 2.66. The number of amides is 1. The molecule has 0 aliphatic carbocycles. The number of dihydropyridines is 1. The molecule has 0 saturated heterocycles. The Bertz CT molecular complexity index is 838. The molecule has 0 saturated carbocycles. The Labute approximate surface area is 146 Å². The fraction of sp³-hybridized carbons (Fsp3) is 0.316. The average molecular weight is 336 g/mol. The van der Waals surface area contributed by atoms with Crippen molar-refractivity contribution < 1.29 is 9.53 Å². The molecule has 1 aromatic carbocycles. The van der Waals surface area contributed by atoms with E-state index in [4.69, 9.17) is 4.74 Å². The number of aliphatic imine (C=N–C) groups is 1. The van der Waals surface area contributed by atoms with Crippen LogP contribution in [0.15, 0.2) is 53.5 Å². The van der Waals surface area contributed by atoms with Crippen LogP contribution < -0.4 is 4.74 Å². The number of carbonyl (C=O) groups is 1. The van der Waals surface area contributed by atoms with Crippen molar-refractivity contribution in [3.63, 3.8) is 0 Å². The lowest BCUT2D eigenvalue weighted by atomic mass is 10.1. The third-order valence-electron chi connectivity index (χ3n) is 4.33. The monoisotopic (exact) mass is 336 g/mol. The van der Waals surface area contributed by atoms with Gasteiger partial charge in [0.15, 0.2) is 0 Å². The number of nitrogens with zero attached hydrogens (tertiary/aromatic N) is 4. The van der Waals surface area contributed by atoms with Gasteiger partial charge in [0.2, 0.25) is 0 Å². The van der Waals surface area contributed by atoms with E-state index in [0.29, 0.717) is 25.4 Å². The van der Waals surface area contributed by atoms with E-state index in [1.54, 1.807) is 9.58 Å². The van der Waals surface area contributed by atoms with Crippen molar-refractivity contribution in [2.75, 3.05) is 6.54 Å². The first-order valence-electron chi connectivity index (χ1n) is 8.51. The van der Waals surface area contributed by atoms with Crippen LogP contribution in [0.1, 0.15) is 29.5 Å². The second-order valence-electron chi connectivity index (χ2n) is 6.28. The summed E-state index contributed by atoms with van der Waals surface area (Å²) in [6, 6.07) is 11.6. The third kappa shape index (κ3) is 3.20. The Morgan fingerprint density at radius 3 is 2.88 bits per heavy atom. The minimum Gasteiger partial charge on any atom is -0.487 e. The predicted molar refractivity (Wildman–Crippen MR) is 94.7 cm³/mol. The molecule has 3 heterocycles. The molecule has 0 spiro atoms. The summed E-state index contributed by atoms with van der Waals surface area (Å²) in [5.41, 5.74) is 1.34. The number of hydrogen-bond acceptors (Lipinski definition) is 4. The number of rotatable bonds is 3. The van der Waals surface area contributed by atoms with Gasteiger partial charge in [-0.3, -0.25) is 19.4 Å². The molecule has 1 unspecified atom stereocenters. The highest BCUT2D eigenvalue weighted by Gasteiger charge is 2.29. The summed E-state index contributed by atoms with van der Waals surface area (Å²) in [6.07, 6.45) is 4.93. The van der Waals surface area contributed by atoms with Gasteiger partial charge in [0.25, 0.3) is 5.91 Å². The van der Waals surface area contributed by atoms with Crippen molar-refractivity contribution in [1.82, 2.24) is 14.7 Å². The van der Waals surface area contributed by atoms with E-state index < -0.39 is 0 Å². The first-order valence-corrected chi connectivity index (χ1v) is 8.51. The minimum atomic E-state index is -0.0535. The molecule has 2 aliphatic heterocycles. The lowest BCUT2D eigenvalue weighted by Gasteiger charge is -2.29. The first-order chi connectivity index (χ1) is 12.2. The number of fused-ring (bicyclic) bond motifs is 1. The quantitative estimate of drug-likeness (QED) is 0.866. The highest BCUT2D eigenvalue weighted by molar-refractivity contribution is 6.10. The van der Waals surface area contributed by atoms with Crippen LogP contribution >= 0.6 is 0 Å². The van der Waals surface area contributed by atoms with Gasteiger partial charge < -0.3 is 4.74 Å². The Morgan fingerprint density at radius 1 is 1.24 bits per heavy atom. The molecule has 25 heavy (non-hydrogen) atoms. The number of aromatic nitrogens is 2. The highest BCUT2D eigenvalue weighted by Crippen LogP contribution is 2.18. The zero-order valence-electron chi connectivity index (χ0n) is 14.1. The number of hydrogen-bond donors (Lipinski definition) is 0. The second kappa shape index (κ2) is 6.55. The van der Waals surface area contributed by atoms with Crippen LogP contribution in [0.2, 0.25) is 0 Å². The molecule has 1 amide bonds. The van der Waals surface area contributed by atoms with E-state index in [0.717, 1.165) is 23.7 Å². The molecule has 1 atom stereocenters. The maximum absolute atomic E-state index is 12.8. The Morgan fingerprint density at radius 2 is 2.08 bits per heavy atom. The fourth-order valence-corrected chi connectivity index (χ4v) is 3.06. The van der Waals surface area contributed by atoms with Crippen LogP contribution in [0, 0.1) is 0 Å². The molecule has 6 nitrogen and oxygen atoms in total. The van der Waals surface area contributed by atoms with E-state index in [-0.39, 0.29) is 11.9 Å². The van der Waals surface area contributed by atoms with Crippen molar-refractivity contribution in [3.05, 3.63) is 59.9 Å². The molecule has 0 radical (unpaired) electrons. The van der Waals surface area contributed by atoms with Gasteiger partial charge in [-0.2, -0.15) is 5.10 Å². The zero-order valence-corrected chi connectivity index (χ0v) is 14.1. The second-order valence-corrected chi connectivity index (χ2v) is 6.28. The smallest absolute Gasteiger partial charge is 0.277 e. The third-order valence-corrected chi connectivity index (χ3v) is 4.33. The highest BCUT2D eigenvalue weighted by atomic mass is 16.5. The van der Waals surface area contributed by atoms with Crippen molar-refractivity contribution in [1.29, 1.82) is 0 Å². The summed E-state index contributed by atoms with van der Waals surface area (Å²) in [5.74, 6) is 1.48. The van der Waals surface area contributed by atoms with Crippen LogP contribution in [0.4, 0.5) is 0 Å². The number of para-hydroxylation sites is 1. The Balaban J connectivity index is 1.50. The number of amidine groups is 1. The summed E-state index contributed by atoms with van der Waals surface area (Å²) in [7, 11) is 0. The number of ether oxygens (including phenoxy) is 1. The van der Waals surface area contributed by atoms with Gasteiger partial charge in [-0.15, -0.1) is 0 Å². The molecule has 1 aromatic heterocycles. The zero-order chi connectivity index (χ0) is 17.2. The van der Waals surface area contributed by atoms with E-state index in [1.165, 1.54) is 0 Å². The summed E-state index contributed by atoms with van der Waals surface area (Å²) in [6.45, 7) is 3.65. The van der Waals surface area contributed by atoms with Crippen molar-refractivity contribution >= 4 is 11.7 Å². The van der Waals surface area contributed by atoms with Crippen LogP contribution in [0.5, 0.6) is 5.75 Å². The summed E-state index contributed by atoms with van der Waals surface area (Å²) in [5, 5.41) is 4.50. The summed E-state index contributed by atoms with van der Waals surface area (Å²) < 4.78 is 7.49. The van der Waals surface area contributed by atoms with E-state index in [9.17, 15) is 4.79 Å². The summed E-state index contributed by atoms with van der Waals surface area (Å²) >= 11 is 0. The molecule has 0 bridgehead atoms. The van der Waals surface area contributed by atoms with E-state index in [1.807, 2.05) is 42.5 Å². The van der Waals surface area contributed by atoms with Crippen LogP contribution in [0.25, 0.3) is 0 Å². The SMILES string of the molecule is CC1CC=CC(N2CCn3nc(COc4ccccc4)cc3C2=O)=N1. The molecule has 6 heteroatoms. The molecule has 0 N–H and O–H groups in total. The lowest BCUT2D eigenvalue weighted by Crippen LogP contribution is -2.44.